The Morgan fingerprint density at radius 1 is 1.41 bits per heavy atom. The van der Waals surface area contributed by atoms with E-state index in [-0.39, 0.29) is 12.0 Å². The summed E-state index contributed by atoms with van der Waals surface area (Å²) >= 11 is 0. The zero-order valence-corrected chi connectivity index (χ0v) is 15.3. The highest BCUT2D eigenvalue weighted by molar-refractivity contribution is 5.83. The fourth-order valence-electron chi connectivity index (χ4n) is 2.41. The number of amides is 1. The minimum Gasteiger partial charge on any atom is -0.449 e. The predicted octanol–water partition coefficient (Wildman–Crippen LogP) is -0.0214. The summed E-state index contributed by atoms with van der Waals surface area (Å²) in [5, 5.41) is 30.8. The van der Waals surface area contributed by atoms with Crippen molar-refractivity contribution in [2.45, 2.75) is 51.7 Å². The first kappa shape index (κ1) is 21.2. The van der Waals surface area contributed by atoms with Gasteiger partial charge in [0.05, 0.1) is 19.4 Å². The monoisotopic (exact) mass is 389 g/mol. The Morgan fingerprint density at radius 3 is 2.63 bits per heavy atom. The van der Waals surface area contributed by atoms with Crippen LogP contribution in [0.25, 0.3) is 0 Å². The largest absolute Gasteiger partial charge is 0.449 e. The number of carbonyl (C=O) groups excluding carboxylic acids is 1. The second kappa shape index (κ2) is 8.30. The summed E-state index contributed by atoms with van der Waals surface area (Å²) in [4.78, 5) is 27.2. The number of hydrogen-bond donors (Lipinski definition) is 4. The van der Waals surface area contributed by atoms with Gasteiger partial charge < -0.3 is 24.8 Å². The van der Waals surface area contributed by atoms with Gasteiger partial charge in [0.1, 0.15) is 18.3 Å². The summed E-state index contributed by atoms with van der Waals surface area (Å²) in [7, 11) is 0. The van der Waals surface area contributed by atoms with Crippen LogP contribution in [-0.2, 0) is 9.47 Å². The van der Waals surface area contributed by atoms with Gasteiger partial charge in [-0.15, -0.1) is 0 Å². The lowest BCUT2D eigenvalue weighted by atomic mass is 9.93. The van der Waals surface area contributed by atoms with Crippen LogP contribution in [0.5, 0.6) is 0 Å². The fraction of sp³-hybridized carbons (Fsp3) is 0.688. The topological polar surface area (TPSA) is 143 Å². The number of anilines is 1. The molecule has 152 valence electrons. The molecule has 1 aliphatic rings. The van der Waals surface area contributed by atoms with E-state index in [1.165, 1.54) is 0 Å². The molecule has 1 aromatic heterocycles. The van der Waals surface area contributed by atoms with E-state index in [9.17, 15) is 24.2 Å². The molecule has 1 fully saturated rings. The van der Waals surface area contributed by atoms with E-state index in [1.54, 1.807) is 0 Å². The van der Waals surface area contributed by atoms with Crippen LogP contribution < -0.4 is 11.0 Å². The molecule has 11 heteroatoms. The molecule has 0 saturated carbocycles. The third kappa shape index (κ3) is 5.22. The minimum atomic E-state index is -1.57. The van der Waals surface area contributed by atoms with Gasteiger partial charge in [-0.1, -0.05) is 20.8 Å². The number of aliphatic hydroxyl groups excluding tert-OH is 3. The SMILES string of the molecule is CC(C)(C)CCOC(=O)Nc1nc(=O)n(C2O[C@H](CO)[C@@H](O)[C@H]2O)cc1F. The molecule has 2 rings (SSSR count). The van der Waals surface area contributed by atoms with Crippen molar-refractivity contribution in [3.05, 3.63) is 22.5 Å². The Kier molecular flexibility index (Phi) is 6.52. The molecule has 1 amide bonds. The maximum absolute atomic E-state index is 14.2. The molecule has 1 unspecified atom stereocenters. The highest BCUT2D eigenvalue weighted by Crippen LogP contribution is 2.28. The van der Waals surface area contributed by atoms with E-state index in [1.807, 2.05) is 26.1 Å². The second-order valence-electron chi connectivity index (χ2n) is 7.43. The number of rotatable bonds is 5. The number of halogens is 1. The van der Waals surface area contributed by atoms with Crippen molar-refractivity contribution in [2.75, 3.05) is 18.5 Å². The Morgan fingerprint density at radius 2 is 2.07 bits per heavy atom. The highest BCUT2D eigenvalue weighted by Gasteiger charge is 2.44. The number of nitrogens with zero attached hydrogens (tertiary/aromatic N) is 2. The zero-order valence-electron chi connectivity index (χ0n) is 15.3. The highest BCUT2D eigenvalue weighted by atomic mass is 19.1. The molecular weight excluding hydrogens is 365 g/mol. The van der Waals surface area contributed by atoms with Gasteiger partial charge in [-0.25, -0.2) is 14.0 Å². The predicted molar refractivity (Wildman–Crippen MR) is 90.5 cm³/mol. The first-order valence-corrected chi connectivity index (χ1v) is 8.38. The Bertz CT molecular complexity index is 734. The van der Waals surface area contributed by atoms with Crippen LogP contribution in [0.1, 0.15) is 33.4 Å². The fourth-order valence-corrected chi connectivity index (χ4v) is 2.41. The Hall–Kier alpha value is -2.08. The number of ether oxygens (including phenoxy) is 2. The van der Waals surface area contributed by atoms with Crippen molar-refractivity contribution in [1.29, 1.82) is 0 Å². The third-order valence-corrected chi connectivity index (χ3v) is 4.00. The van der Waals surface area contributed by atoms with Gasteiger partial charge in [-0.3, -0.25) is 9.88 Å². The number of carbonyl (C=O) groups is 1. The summed E-state index contributed by atoms with van der Waals surface area (Å²) in [5.74, 6) is -1.70. The Balaban J connectivity index is 2.09. The summed E-state index contributed by atoms with van der Waals surface area (Å²) in [6.07, 6.45) is -5.28. The lowest BCUT2D eigenvalue weighted by molar-refractivity contribution is -0.0553. The molecule has 0 aromatic carbocycles. The molecule has 1 saturated heterocycles. The summed E-state index contributed by atoms with van der Waals surface area (Å²) in [5.41, 5.74) is -1.08. The standard InChI is InChI=1S/C16H24FN3O7/c1-16(2,3)4-5-26-15(25)19-12-8(17)6-20(14(24)18-12)13-11(23)10(22)9(7-21)27-13/h6,9-11,13,21-23H,4-5,7H2,1-3H3,(H,18,19,24,25)/t9-,10-,11-,13?/m1/s1. The third-order valence-electron chi connectivity index (χ3n) is 4.00. The molecule has 4 atom stereocenters. The lowest BCUT2D eigenvalue weighted by Crippen LogP contribution is -2.36. The van der Waals surface area contributed by atoms with Crippen LogP contribution in [-0.4, -0.2) is 62.5 Å². The number of aromatic nitrogens is 2. The molecule has 0 aliphatic carbocycles. The van der Waals surface area contributed by atoms with Crippen LogP contribution in [0.3, 0.4) is 0 Å². The number of nitrogens with one attached hydrogen (secondary N) is 1. The molecule has 0 radical (unpaired) electrons. The molecule has 2 heterocycles. The Labute approximate surface area is 154 Å². The van der Waals surface area contributed by atoms with Crippen LogP contribution >= 0.6 is 0 Å². The average Bonchev–Trinajstić information content (AvgIpc) is 2.84. The number of aliphatic hydroxyl groups is 3. The van der Waals surface area contributed by atoms with E-state index < -0.39 is 54.6 Å². The maximum Gasteiger partial charge on any atom is 0.412 e. The normalized spacial score (nSPS) is 25.4. The van der Waals surface area contributed by atoms with E-state index in [0.29, 0.717) is 17.2 Å². The first-order valence-electron chi connectivity index (χ1n) is 8.38. The quantitative estimate of drug-likeness (QED) is 0.550. The van der Waals surface area contributed by atoms with Gasteiger partial charge in [0.15, 0.2) is 17.9 Å². The van der Waals surface area contributed by atoms with Crippen LogP contribution in [0.2, 0.25) is 0 Å². The molecule has 27 heavy (non-hydrogen) atoms. The molecule has 1 aliphatic heterocycles. The van der Waals surface area contributed by atoms with Gasteiger partial charge in [0.25, 0.3) is 0 Å². The summed E-state index contributed by atoms with van der Waals surface area (Å²) in [6.45, 7) is 5.41. The minimum absolute atomic E-state index is 0.0522. The van der Waals surface area contributed by atoms with Crippen molar-refractivity contribution in [2.24, 2.45) is 5.41 Å². The van der Waals surface area contributed by atoms with Crippen LogP contribution in [0.4, 0.5) is 15.0 Å². The van der Waals surface area contributed by atoms with Crippen molar-refractivity contribution >= 4 is 11.9 Å². The smallest absolute Gasteiger partial charge is 0.412 e. The van der Waals surface area contributed by atoms with Gasteiger partial charge in [-0.05, 0) is 11.8 Å². The van der Waals surface area contributed by atoms with Crippen LogP contribution in [0.15, 0.2) is 11.0 Å². The molecule has 1 aromatic rings. The van der Waals surface area contributed by atoms with Gasteiger partial charge >= 0.3 is 11.8 Å². The number of hydrogen-bond acceptors (Lipinski definition) is 8. The maximum atomic E-state index is 14.2. The molecule has 0 spiro atoms. The molecule has 10 nitrogen and oxygen atoms in total. The summed E-state index contributed by atoms with van der Waals surface area (Å²) in [6, 6.07) is 0. The van der Waals surface area contributed by atoms with E-state index in [2.05, 4.69) is 4.98 Å². The second-order valence-corrected chi connectivity index (χ2v) is 7.43. The average molecular weight is 389 g/mol. The van der Waals surface area contributed by atoms with Crippen LogP contribution in [0, 0.1) is 11.2 Å². The van der Waals surface area contributed by atoms with Crippen molar-refractivity contribution < 1.29 is 34.0 Å². The van der Waals surface area contributed by atoms with Crippen molar-refractivity contribution in [3.8, 4) is 0 Å². The van der Waals surface area contributed by atoms with E-state index in [4.69, 9.17) is 14.6 Å². The van der Waals surface area contributed by atoms with Gasteiger partial charge in [0.2, 0.25) is 0 Å². The lowest BCUT2D eigenvalue weighted by Gasteiger charge is -2.18. The van der Waals surface area contributed by atoms with Gasteiger partial charge in [-0.2, -0.15) is 4.98 Å². The molecular formula is C16H24FN3O7. The molecule has 0 bridgehead atoms. The van der Waals surface area contributed by atoms with Crippen molar-refractivity contribution in [1.82, 2.24) is 9.55 Å². The van der Waals surface area contributed by atoms with Crippen molar-refractivity contribution in [3.63, 3.8) is 0 Å². The van der Waals surface area contributed by atoms with E-state index >= 15 is 0 Å². The zero-order chi connectivity index (χ0) is 20.4. The first-order chi connectivity index (χ1) is 12.5. The van der Waals surface area contributed by atoms with E-state index in [0.717, 1.165) is 0 Å². The molecule has 4 N–H and O–H groups in total. The summed E-state index contributed by atoms with van der Waals surface area (Å²) < 4.78 is 24.9. The van der Waals surface area contributed by atoms with Gasteiger partial charge in [0, 0.05) is 0 Å².